The van der Waals surface area contributed by atoms with Crippen LogP contribution in [0, 0.1) is 17.5 Å². The van der Waals surface area contributed by atoms with E-state index in [4.69, 9.17) is 11.6 Å². The van der Waals surface area contributed by atoms with Crippen LogP contribution in [0.15, 0.2) is 12.1 Å². The quantitative estimate of drug-likeness (QED) is 0.499. The number of halogens is 4. The maximum Gasteiger partial charge on any atom is 0.232 e. The Balaban J connectivity index is 2.78. The fraction of sp³-hybridized carbons (Fsp3) is 0.400. The molecular formula is C10H11ClF3NO2S. The summed E-state index contributed by atoms with van der Waals surface area (Å²) < 4.78 is 63.3. The van der Waals surface area contributed by atoms with Crippen LogP contribution < -0.4 is 4.72 Å². The number of rotatable bonds is 6. The molecule has 102 valence electrons. The zero-order chi connectivity index (χ0) is 13.8. The summed E-state index contributed by atoms with van der Waals surface area (Å²) >= 11 is 5.39. The Morgan fingerprint density at radius 3 is 2.17 bits per heavy atom. The first-order chi connectivity index (χ1) is 8.35. The Bertz CT molecular complexity index is 499. The fourth-order valence-electron chi connectivity index (χ4n) is 1.23. The van der Waals surface area contributed by atoms with Crippen molar-refractivity contribution in [2.24, 2.45) is 0 Å². The summed E-state index contributed by atoms with van der Waals surface area (Å²) in [5.74, 6) is -4.43. The van der Waals surface area contributed by atoms with Gasteiger partial charge in [0.15, 0.2) is 17.5 Å². The Morgan fingerprint density at radius 1 is 1.11 bits per heavy atom. The lowest BCUT2D eigenvalue weighted by atomic mass is 10.3. The van der Waals surface area contributed by atoms with Crippen molar-refractivity contribution in [3.05, 3.63) is 29.6 Å². The first kappa shape index (κ1) is 15.1. The first-order valence-corrected chi connectivity index (χ1v) is 7.25. The van der Waals surface area contributed by atoms with Gasteiger partial charge in [0.05, 0.1) is 11.4 Å². The lowest BCUT2D eigenvalue weighted by Crippen LogP contribution is -2.17. The minimum Gasteiger partial charge on any atom is -0.283 e. The average Bonchev–Trinajstić information content (AvgIpc) is 2.25. The molecule has 0 aliphatic rings. The van der Waals surface area contributed by atoms with Crippen LogP contribution in [0.1, 0.15) is 12.8 Å². The van der Waals surface area contributed by atoms with E-state index < -0.39 is 27.5 Å². The van der Waals surface area contributed by atoms with Gasteiger partial charge in [-0.2, -0.15) is 0 Å². The third kappa shape index (κ3) is 4.38. The third-order valence-corrected chi connectivity index (χ3v) is 3.69. The molecule has 1 aromatic rings. The number of alkyl halides is 1. The van der Waals surface area contributed by atoms with E-state index in [1.54, 1.807) is 0 Å². The highest BCUT2D eigenvalue weighted by Gasteiger charge is 2.15. The van der Waals surface area contributed by atoms with Crippen molar-refractivity contribution in [3.8, 4) is 0 Å². The zero-order valence-corrected chi connectivity index (χ0v) is 10.8. The molecule has 0 unspecified atom stereocenters. The SMILES string of the molecule is O=S(=O)(CCCCCl)Nc1cc(F)c(F)c(F)c1. The van der Waals surface area contributed by atoms with E-state index in [0.717, 1.165) is 0 Å². The number of hydrogen-bond acceptors (Lipinski definition) is 2. The van der Waals surface area contributed by atoms with Gasteiger partial charge in [-0.25, -0.2) is 21.6 Å². The maximum atomic E-state index is 12.9. The molecule has 18 heavy (non-hydrogen) atoms. The molecule has 0 aromatic heterocycles. The predicted octanol–water partition coefficient (Wildman–Crippen LogP) is 2.86. The Morgan fingerprint density at radius 2 is 1.67 bits per heavy atom. The van der Waals surface area contributed by atoms with Gasteiger partial charge in [-0.05, 0) is 12.8 Å². The van der Waals surface area contributed by atoms with Gasteiger partial charge in [-0.1, -0.05) is 0 Å². The highest BCUT2D eigenvalue weighted by molar-refractivity contribution is 7.92. The van der Waals surface area contributed by atoms with Crippen molar-refractivity contribution in [2.75, 3.05) is 16.4 Å². The second kappa shape index (κ2) is 6.29. The van der Waals surface area contributed by atoms with Gasteiger partial charge in [-0.3, -0.25) is 4.72 Å². The number of nitrogens with one attached hydrogen (secondary N) is 1. The average molecular weight is 302 g/mol. The summed E-state index contributed by atoms with van der Waals surface area (Å²) in [7, 11) is -3.72. The van der Waals surface area contributed by atoms with Crippen LogP contribution in [0.5, 0.6) is 0 Å². The number of anilines is 1. The van der Waals surface area contributed by atoms with E-state index in [9.17, 15) is 21.6 Å². The molecule has 0 atom stereocenters. The van der Waals surface area contributed by atoms with Crippen molar-refractivity contribution >= 4 is 27.3 Å². The second-order valence-electron chi connectivity index (χ2n) is 3.57. The Hall–Kier alpha value is -0.950. The Labute approximate surface area is 108 Å². The van der Waals surface area contributed by atoms with Gasteiger partial charge in [0.25, 0.3) is 0 Å². The topological polar surface area (TPSA) is 46.2 Å². The summed E-state index contributed by atoms with van der Waals surface area (Å²) in [6.45, 7) is 0. The van der Waals surface area contributed by atoms with Crippen LogP contribution in [-0.2, 0) is 10.0 Å². The molecule has 0 radical (unpaired) electrons. The molecule has 1 aromatic carbocycles. The summed E-state index contributed by atoms with van der Waals surface area (Å²) in [6.07, 6.45) is 0.833. The van der Waals surface area contributed by atoms with Crippen molar-refractivity contribution in [3.63, 3.8) is 0 Å². The van der Waals surface area contributed by atoms with Crippen molar-refractivity contribution in [1.82, 2.24) is 0 Å². The highest BCUT2D eigenvalue weighted by atomic mass is 35.5. The highest BCUT2D eigenvalue weighted by Crippen LogP contribution is 2.18. The standard InChI is InChI=1S/C10H11ClF3NO2S/c11-3-1-2-4-18(16,17)15-7-5-8(12)10(14)9(13)6-7/h5-6,15H,1-4H2. The van der Waals surface area contributed by atoms with Gasteiger partial charge >= 0.3 is 0 Å². The largest absolute Gasteiger partial charge is 0.283 e. The van der Waals surface area contributed by atoms with E-state index in [-0.39, 0.29) is 11.4 Å². The molecule has 0 spiro atoms. The normalized spacial score (nSPS) is 11.6. The molecule has 0 saturated carbocycles. The maximum absolute atomic E-state index is 12.9. The van der Waals surface area contributed by atoms with Crippen molar-refractivity contribution in [2.45, 2.75) is 12.8 Å². The number of sulfonamides is 1. The zero-order valence-electron chi connectivity index (χ0n) is 9.22. The summed E-state index contributed by atoms with van der Waals surface area (Å²) in [5.41, 5.74) is -0.350. The predicted molar refractivity (Wildman–Crippen MR) is 63.7 cm³/mol. The first-order valence-electron chi connectivity index (χ1n) is 5.07. The van der Waals surface area contributed by atoms with Crippen LogP contribution in [0.25, 0.3) is 0 Å². The molecule has 0 aliphatic carbocycles. The summed E-state index contributed by atoms with van der Waals surface area (Å²) in [5, 5.41) is 0. The van der Waals surface area contributed by atoms with E-state index in [1.807, 2.05) is 4.72 Å². The number of benzene rings is 1. The van der Waals surface area contributed by atoms with E-state index in [0.29, 0.717) is 30.9 Å². The molecule has 0 aliphatic heterocycles. The summed E-state index contributed by atoms with van der Waals surface area (Å²) in [4.78, 5) is 0. The molecule has 0 heterocycles. The van der Waals surface area contributed by atoms with Gasteiger partial charge in [0.2, 0.25) is 10.0 Å². The number of unbranched alkanes of at least 4 members (excludes halogenated alkanes) is 1. The van der Waals surface area contributed by atoms with Crippen LogP contribution in [0.2, 0.25) is 0 Å². The number of hydrogen-bond donors (Lipinski definition) is 1. The van der Waals surface area contributed by atoms with Gasteiger partial charge in [-0.15, -0.1) is 11.6 Å². The van der Waals surface area contributed by atoms with Crippen LogP contribution in [0.3, 0.4) is 0 Å². The second-order valence-corrected chi connectivity index (χ2v) is 5.79. The smallest absolute Gasteiger partial charge is 0.232 e. The van der Waals surface area contributed by atoms with Crippen LogP contribution >= 0.6 is 11.6 Å². The molecule has 8 heteroatoms. The van der Waals surface area contributed by atoms with Crippen LogP contribution in [-0.4, -0.2) is 20.1 Å². The molecule has 0 fully saturated rings. The minimum absolute atomic E-state index is 0.222. The molecule has 0 bridgehead atoms. The molecule has 3 nitrogen and oxygen atoms in total. The van der Waals surface area contributed by atoms with Crippen LogP contribution in [0.4, 0.5) is 18.9 Å². The van der Waals surface area contributed by atoms with Gasteiger partial charge < -0.3 is 0 Å². The molecule has 1 N–H and O–H groups in total. The third-order valence-electron chi connectivity index (χ3n) is 2.05. The molecule has 0 saturated heterocycles. The fourth-order valence-corrected chi connectivity index (χ4v) is 2.58. The summed E-state index contributed by atoms with van der Waals surface area (Å²) in [6, 6.07) is 1.16. The van der Waals surface area contributed by atoms with Crippen molar-refractivity contribution in [1.29, 1.82) is 0 Å². The van der Waals surface area contributed by atoms with E-state index >= 15 is 0 Å². The van der Waals surface area contributed by atoms with Crippen molar-refractivity contribution < 1.29 is 21.6 Å². The lowest BCUT2D eigenvalue weighted by Gasteiger charge is -2.08. The van der Waals surface area contributed by atoms with E-state index in [1.165, 1.54) is 0 Å². The van der Waals surface area contributed by atoms with Gasteiger partial charge in [0, 0.05) is 18.0 Å². The van der Waals surface area contributed by atoms with E-state index in [2.05, 4.69) is 0 Å². The lowest BCUT2D eigenvalue weighted by molar-refractivity contribution is 0.448. The van der Waals surface area contributed by atoms with Gasteiger partial charge in [0.1, 0.15) is 0 Å². The molecule has 1 rings (SSSR count). The molecule has 0 amide bonds. The Kier molecular flexibility index (Phi) is 5.28. The minimum atomic E-state index is -3.72. The molecular weight excluding hydrogens is 291 g/mol. The monoisotopic (exact) mass is 301 g/mol.